The fourth-order valence-electron chi connectivity index (χ4n) is 1.74. The second-order valence-electron chi connectivity index (χ2n) is 3.55. The van der Waals surface area contributed by atoms with Gasteiger partial charge in [-0.3, -0.25) is 4.99 Å². The molecule has 1 aliphatic rings. The van der Waals surface area contributed by atoms with Crippen LogP contribution < -0.4 is 5.32 Å². The van der Waals surface area contributed by atoms with Gasteiger partial charge in [-0.05, 0) is 12.1 Å². The van der Waals surface area contributed by atoms with Crippen molar-refractivity contribution in [3.8, 4) is 0 Å². The molecule has 0 unspecified atom stereocenters. The molecule has 1 aromatic carbocycles. The van der Waals surface area contributed by atoms with Crippen LogP contribution in [-0.2, 0) is 7.05 Å². The topological polar surface area (TPSA) is 55.1 Å². The van der Waals surface area contributed by atoms with E-state index in [-0.39, 0.29) is 0 Å². The maximum Gasteiger partial charge on any atom is 0.161 e. The van der Waals surface area contributed by atoms with E-state index in [9.17, 15) is 0 Å². The van der Waals surface area contributed by atoms with Crippen molar-refractivity contribution in [1.82, 2.24) is 15.0 Å². The summed E-state index contributed by atoms with van der Waals surface area (Å²) in [5.74, 6) is 1.06. The lowest BCUT2D eigenvalue weighted by atomic mass is 10.2. The van der Waals surface area contributed by atoms with Crippen LogP contribution in [0.4, 0.5) is 5.69 Å². The fraction of sp³-hybridized carbons (Fsp3) is 0.300. The van der Waals surface area contributed by atoms with E-state index in [0.29, 0.717) is 0 Å². The second-order valence-corrected chi connectivity index (χ2v) is 4.63. The highest BCUT2D eigenvalue weighted by atomic mass is 32.2. The van der Waals surface area contributed by atoms with Crippen LogP contribution in [0.1, 0.15) is 0 Å². The van der Waals surface area contributed by atoms with E-state index in [1.807, 2.05) is 25.2 Å². The number of anilines is 1. The highest BCUT2D eigenvalue weighted by Crippen LogP contribution is 2.23. The van der Waals surface area contributed by atoms with Crippen LogP contribution in [-0.4, -0.2) is 32.5 Å². The van der Waals surface area contributed by atoms with Crippen LogP contribution in [0, 0.1) is 0 Å². The molecule has 0 fully saturated rings. The maximum atomic E-state index is 4.37. The molecule has 0 bridgehead atoms. The molecule has 6 heteroatoms. The van der Waals surface area contributed by atoms with E-state index in [0.717, 1.165) is 34.2 Å². The number of nitrogens with zero attached hydrogens (tertiary/aromatic N) is 4. The zero-order valence-corrected chi connectivity index (χ0v) is 9.66. The van der Waals surface area contributed by atoms with Gasteiger partial charge in [0.05, 0.1) is 12.2 Å². The molecule has 0 amide bonds. The van der Waals surface area contributed by atoms with E-state index in [4.69, 9.17) is 0 Å². The number of amidine groups is 1. The highest BCUT2D eigenvalue weighted by Gasteiger charge is 2.11. The summed E-state index contributed by atoms with van der Waals surface area (Å²) in [6.07, 6.45) is 0. The Kier molecular flexibility index (Phi) is 2.28. The van der Waals surface area contributed by atoms with E-state index >= 15 is 0 Å². The number of aliphatic imine (C=N–C) groups is 1. The Morgan fingerprint density at radius 1 is 1.44 bits per heavy atom. The molecule has 2 heterocycles. The Labute approximate surface area is 96.9 Å². The Morgan fingerprint density at radius 2 is 2.38 bits per heavy atom. The number of thioether (sulfide) groups is 1. The zero-order chi connectivity index (χ0) is 11.0. The summed E-state index contributed by atoms with van der Waals surface area (Å²) in [5.41, 5.74) is 2.92. The van der Waals surface area contributed by atoms with E-state index in [2.05, 4.69) is 20.6 Å². The minimum absolute atomic E-state index is 0.895. The first-order chi connectivity index (χ1) is 7.84. The van der Waals surface area contributed by atoms with Crippen LogP contribution in [0.3, 0.4) is 0 Å². The molecule has 3 rings (SSSR count). The van der Waals surface area contributed by atoms with Crippen LogP contribution in [0.25, 0.3) is 11.0 Å². The van der Waals surface area contributed by atoms with Crippen molar-refractivity contribution in [2.24, 2.45) is 12.0 Å². The van der Waals surface area contributed by atoms with Gasteiger partial charge in [0.15, 0.2) is 5.17 Å². The fourth-order valence-corrected chi connectivity index (χ4v) is 2.48. The van der Waals surface area contributed by atoms with Gasteiger partial charge in [-0.2, -0.15) is 0 Å². The predicted octanol–water partition coefficient (Wildman–Crippen LogP) is 1.48. The molecule has 1 aliphatic heterocycles. The summed E-state index contributed by atoms with van der Waals surface area (Å²) in [7, 11) is 1.89. The quantitative estimate of drug-likeness (QED) is 0.810. The third-order valence-corrected chi connectivity index (χ3v) is 3.34. The number of nitrogens with one attached hydrogen (secondary N) is 1. The molecular formula is C10H11N5S. The Bertz CT molecular complexity index is 559. The average molecular weight is 233 g/mol. The molecule has 2 aromatic rings. The number of para-hydroxylation sites is 1. The molecule has 0 spiro atoms. The molecule has 1 aromatic heterocycles. The average Bonchev–Trinajstić information content (AvgIpc) is 2.90. The minimum atomic E-state index is 0.895. The number of rotatable bonds is 1. The third-order valence-electron chi connectivity index (χ3n) is 2.45. The second kappa shape index (κ2) is 3.79. The van der Waals surface area contributed by atoms with Crippen LogP contribution in [0.15, 0.2) is 23.2 Å². The zero-order valence-electron chi connectivity index (χ0n) is 8.84. The van der Waals surface area contributed by atoms with Crippen molar-refractivity contribution in [3.63, 3.8) is 0 Å². The largest absolute Gasteiger partial charge is 0.333 e. The number of benzene rings is 1. The SMILES string of the molecule is Cn1nnc2cccc(NC3=NCCS3)c21. The van der Waals surface area contributed by atoms with Gasteiger partial charge in [0.1, 0.15) is 11.0 Å². The molecule has 0 saturated carbocycles. The number of fused-ring (bicyclic) bond motifs is 1. The Balaban J connectivity index is 2.05. The summed E-state index contributed by atoms with van der Waals surface area (Å²) >= 11 is 1.74. The molecule has 1 N–H and O–H groups in total. The maximum absolute atomic E-state index is 4.37. The van der Waals surface area contributed by atoms with E-state index < -0.39 is 0 Å². The first-order valence-corrected chi connectivity index (χ1v) is 6.06. The van der Waals surface area contributed by atoms with Gasteiger partial charge >= 0.3 is 0 Å². The summed E-state index contributed by atoms with van der Waals surface area (Å²) in [6, 6.07) is 5.95. The van der Waals surface area contributed by atoms with Gasteiger partial charge in [-0.1, -0.05) is 23.0 Å². The summed E-state index contributed by atoms with van der Waals surface area (Å²) in [4.78, 5) is 4.37. The molecule has 0 aliphatic carbocycles. The van der Waals surface area contributed by atoms with Gasteiger partial charge in [0.2, 0.25) is 0 Å². The van der Waals surface area contributed by atoms with Crippen LogP contribution in [0.5, 0.6) is 0 Å². The van der Waals surface area contributed by atoms with Gasteiger partial charge in [-0.15, -0.1) is 5.10 Å². The first kappa shape index (κ1) is 9.65. The monoisotopic (exact) mass is 233 g/mol. The summed E-state index contributed by atoms with van der Waals surface area (Å²) in [5, 5.41) is 12.4. The Morgan fingerprint density at radius 3 is 3.19 bits per heavy atom. The third kappa shape index (κ3) is 1.55. The van der Waals surface area contributed by atoms with Crippen molar-refractivity contribution in [1.29, 1.82) is 0 Å². The Hall–Kier alpha value is -1.56. The smallest absolute Gasteiger partial charge is 0.161 e. The van der Waals surface area contributed by atoms with Gasteiger partial charge in [-0.25, -0.2) is 4.68 Å². The molecule has 0 atom stereocenters. The highest BCUT2D eigenvalue weighted by molar-refractivity contribution is 8.14. The number of aryl methyl sites for hydroxylation is 1. The lowest BCUT2D eigenvalue weighted by Gasteiger charge is -2.06. The van der Waals surface area contributed by atoms with Gasteiger partial charge < -0.3 is 5.32 Å². The number of hydrogen-bond acceptors (Lipinski definition) is 5. The van der Waals surface area contributed by atoms with Crippen molar-refractivity contribution < 1.29 is 0 Å². The van der Waals surface area contributed by atoms with Crippen molar-refractivity contribution >= 4 is 33.7 Å². The van der Waals surface area contributed by atoms with Gasteiger partial charge in [0.25, 0.3) is 0 Å². The summed E-state index contributed by atoms with van der Waals surface area (Å²) < 4.78 is 1.78. The molecule has 82 valence electrons. The van der Waals surface area contributed by atoms with Crippen LogP contribution >= 0.6 is 11.8 Å². The number of hydrogen-bond donors (Lipinski definition) is 1. The predicted molar refractivity (Wildman–Crippen MR) is 66.9 cm³/mol. The summed E-state index contributed by atoms with van der Waals surface area (Å²) in [6.45, 7) is 0.895. The normalized spacial score (nSPS) is 15.4. The molecule has 16 heavy (non-hydrogen) atoms. The standard InChI is InChI=1S/C10H11N5S/c1-15-9-7(12-10-11-5-6-16-10)3-2-4-8(9)13-14-15/h2-4H,5-6H2,1H3,(H,11,12). The van der Waals surface area contributed by atoms with Crippen molar-refractivity contribution in [2.75, 3.05) is 17.6 Å². The molecular weight excluding hydrogens is 222 g/mol. The lowest BCUT2D eigenvalue weighted by Crippen LogP contribution is -2.06. The molecule has 0 saturated heterocycles. The van der Waals surface area contributed by atoms with E-state index in [1.54, 1.807) is 16.4 Å². The van der Waals surface area contributed by atoms with Crippen molar-refractivity contribution in [2.45, 2.75) is 0 Å². The van der Waals surface area contributed by atoms with Crippen molar-refractivity contribution in [3.05, 3.63) is 18.2 Å². The molecule has 0 radical (unpaired) electrons. The molecule has 5 nitrogen and oxygen atoms in total. The first-order valence-electron chi connectivity index (χ1n) is 5.07. The number of aromatic nitrogens is 3. The minimum Gasteiger partial charge on any atom is -0.333 e. The van der Waals surface area contributed by atoms with Crippen LogP contribution in [0.2, 0.25) is 0 Å². The van der Waals surface area contributed by atoms with Gasteiger partial charge in [0, 0.05) is 12.8 Å². The van der Waals surface area contributed by atoms with E-state index in [1.165, 1.54) is 0 Å². The lowest BCUT2D eigenvalue weighted by molar-refractivity contribution is 0.737.